The summed E-state index contributed by atoms with van der Waals surface area (Å²) in [5.74, 6) is 0.826. The molecule has 0 saturated heterocycles. The Bertz CT molecular complexity index is 631. The normalized spacial score (nSPS) is 11.3. The van der Waals surface area contributed by atoms with E-state index in [2.05, 4.69) is 36.5 Å². The number of nitrogens with one attached hydrogen (secondary N) is 2. The monoisotopic (exact) mass is 360 g/mol. The van der Waals surface area contributed by atoms with E-state index < -0.39 is 11.7 Å². The molecule has 0 aliphatic rings. The van der Waals surface area contributed by atoms with Gasteiger partial charge in [0.05, 0.1) is 5.56 Å². The molecule has 0 radical (unpaired) electrons. The summed E-state index contributed by atoms with van der Waals surface area (Å²) < 4.78 is 38.5. The standard InChI is InChI=1S/C13H12BrF3N4/c1-2-18-12-19-6-5-11(21-12)20-8-3-4-10(14)9(7-8)13(15,16)17/h3-7H,2H2,1H3,(H2,18,19,20,21). The lowest BCUT2D eigenvalue weighted by atomic mass is 10.2. The van der Waals surface area contributed by atoms with Crippen LogP contribution >= 0.6 is 15.9 Å². The van der Waals surface area contributed by atoms with Crippen molar-refractivity contribution in [3.05, 3.63) is 40.5 Å². The minimum absolute atomic E-state index is 0.00317. The Kier molecular flexibility index (Phi) is 4.66. The second kappa shape index (κ2) is 6.30. The number of anilines is 3. The fraction of sp³-hybridized carbons (Fsp3) is 0.231. The lowest BCUT2D eigenvalue weighted by Crippen LogP contribution is -2.07. The number of rotatable bonds is 4. The van der Waals surface area contributed by atoms with Crippen molar-refractivity contribution in [2.24, 2.45) is 0 Å². The van der Waals surface area contributed by atoms with E-state index in [1.165, 1.54) is 18.3 Å². The maximum Gasteiger partial charge on any atom is 0.417 e. The van der Waals surface area contributed by atoms with Gasteiger partial charge >= 0.3 is 6.18 Å². The number of hydrogen-bond donors (Lipinski definition) is 2. The Hall–Kier alpha value is -1.83. The number of halogens is 4. The average molecular weight is 361 g/mol. The van der Waals surface area contributed by atoms with Gasteiger partial charge in [-0.2, -0.15) is 18.2 Å². The number of nitrogens with zero attached hydrogens (tertiary/aromatic N) is 2. The average Bonchev–Trinajstić information content (AvgIpc) is 2.40. The van der Waals surface area contributed by atoms with Crippen LogP contribution in [0.2, 0.25) is 0 Å². The molecule has 0 saturated carbocycles. The second-order valence-corrected chi connectivity index (χ2v) is 4.97. The van der Waals surface area contributed by atoms with E-state index in [0.717, 1.165) is 6.07 Å². The molecule has 112 valence electrons. The largest absolute Gasteiger partial charge is 0.417 e. The molecule has 1 heterocycles. The van der Waals surface area contributed by atoms with Gasteiger partial charge < -0.3 is 10.6 Å². The first kappa shape index (κ1) is 15.6. The summed E-state index contributed by atoms with van der Waals surface area (Å²) in [4.78, 5) is 8.14. The minimum atomic E-state index is -4.42. The van der Waals surface area contributed by atoms with Crippen LogP contribution in [0.5, 0.6) is 0 Å². The van der Waals surface area contributed by atoms with E-state index in [1.807, 2.05) is 6.92 Å². The van der Waals surface area contributed by atoms with Crippen LogP contribution in [0.25, 0.3) is 0 Å². The van der Waals surface area contributed by atoms with Gasteiger partial charge in [0.2, 0.25) is 5.95 Å². The maximum absolute atomic E-state index is 12.8. The third-order valence-corrected chi connectivity index (χ3v) is 3.23. The molecule has 2 aromatic rings. The highest BCUT2D eigenvalue weighted by Crippen LogP contribution is 2.36. The number of aromatic nitrogens is 2. The quantitative estimate of drug-likeness (QED) is 0.846. The Balaban J connectivity index is 2.26. The van der Waals surface area contributed by atoms with Crippen molar-refractivity contribution in [2.45, 2.75) is 13.1 Å². The van der Waals surface area contributed by atoms with E-state index >= 15 is 0 Å². The van der Waals surface area contributed by atoms with Crippen LogP contribution in [-0.2, 0) is 6.18 Å². The molecule has 4 nitrogen and oxygen atoms in total. The molecule has 1 aromatic heterocycles. The van der Waals surface area contributed by atoms with Crippen LogP contribution in [0, 0.1) is 0 Å². The predicted molar refractivity (Wildman–Crippen MR) is 78.6 cm³/mol. The molecule has 1 aromatic carbocycles. The molecule has 2 N–H and O–H groups in total. The van der Waals surface area contributed by atoms with Gasteiger partial charge in [-0.3, -0.25) is 0 Å². The van der Waals surface area contributed by atoms with E-state index in [-0.39, 0.29) is 4.47 Å². The van der Waals surface area contributed by atoms with Crippen molar-refractivity contribution in [3.8, 4) is 0 Å². The van der Waals surface area contributed by atoms with Gasteiger partial charge in [0.15, 0.2) is 0 Å². The van der Waals surface area contributed by atoms with Crippen LogP contribution in [0.15, 0.2) is 34.9 Å². The highest BCUT2D eigenvalue weighted by atomic mass is 79.9. The zero-order chi connectivity index (χ0) is 15.5. The number of alkyl halides is 3. The Morgan fingerprint density at radius 1 is 1.24 bits per heavy atom. The molecular weight excluding hydrogens is 349 g/mol. The first-order valence-electron chi connectivity index (χ1n) is 6.11. The van der Waals surface area contributed by atoms with E-state index in [0.29, 0.717) is 24.0 Å². The van der Waals surface area contributed by atoms with Crippen molar-refractivity contribution < 1.29 is 13.2 Å². The number of hydrogen-bond acceptors (Lipinski definition) is 4. The van der Waals surface area contributed by atoms with Crippen molar-refractivity contribution >= 4 is 33.4 Å². The summed E-state index contributed by atoms with van der Waals surface area (Å²) in [6.07, 6.45) is -2.89. The van der Waals surface area contributed by atoms with Crippen LogP contribution in [0.4, 0.5) is 30.6 Å². The SMILES string of the molecule is CCNc1nccc(Nc2ccc(Br)c(C(F)(F)F)c2)n1. The van der Waals surface area contributed by atoms with Crippen molar-refractivity contribution in [1.29, 1.82) is 0 Å². The summed E-state index contributed by atoms with van der Waals surface area (Å²) in [5, 5.41) is 5.76. The smallest absolute Gasteiger partial charge is 0.354 e. The van der Waals surface area contributed by atoms with Crippen LogP contribution in [0.3, 0.4) is 0 Å². The van der Waals surface area contributed by atoms with Crippen LogP contribution < -0.4 is 10.6 Å². The summed E-state index contributed by atoms with van der Waals surface area (Å²) in [6, 6.07) is 5.49. The maximum atomic E-state index is 12.8. The van der Waals surface area contributed by atoms with Gasteiger partial charge in [-0.15, -0.1) is 0 Å². The van der Waals surface area contributed by atoms with Crippen molar-refractivity contribution in [1.82, 2.24) is 9.97 Å². The zero-order valence-corrected chi connectivity index (χ0v) is 12.6. The van der Waals surface area contributed by atoms with Gasteiger partial charge in [0, 0.05) is 22.9 Å². The molecule has 0 aliphatic carbocycles. The fourth-order valence-corrected chi connectivity index (χ4v) is 2.11. The van der Waals surface area contributed by atoms with E-state index in [4.69, 9.17) is 0 Å². The molecule has 0 aliphatic heterocycles. The molecule has 0 fully saturated rings. The van der Waals surface area contributed by atoms with Gasteiger partial charge in [0.1, 0.15) is 5.82 Å². The predicted octanol–water partition coefficient (Wildman–Crippen LogP) is 4.43. The molecule has 0 atom stereocenters. The molecule has 8 heteroatoms. The first-order chi connectivity index (χ1) is 9.90. The van der Waals surface area contributed by atoms with Crippen LogP contribution in [-0.4, -0.2) is 16.5 Å². The number of benzene rings is 1. The zero-order valence-electron chi connectivity index (χ0n) is 11.0. The third-order valence-electron chi connectivity index (χ3n) is 2.53. The minimum Gasteiger partial charge on any atom is -0.354 e. The summed E-state index contributed by atoms with van der Waals surface area (Å²) in [5.41, 5.74) is -0.444. The summed E-state index contributed by atoms with van der Waals surface area (Å²) >= 11 is 2.90. The fourth-order valence-electron chi connectivity index (χ4n) is 1.64. The molecule has 0 spiro atoms. The van der Waals surface area contributed by atoms with Crippen molar-refractivity contribution in [3.63, 3.8) is 0 Å². The molecule has 21 heavy (non-hydrogen) atoms. The van der Waals surface area contributed by atoms with Crippen molar-refractivity contribution in [2.75, 3.05) is 17.2 Å². The molecule has 0 unspecified atom stereocenters. The van der Waals surface area contributed by atoms with Gasteiger partial charge in [-0.05, 0) is 31.2 Å². The van der Waals surface area contributed by atoms with E-state index in [9.17, 15) is 13.2 Å². The van der Waals surface area contributed by atoms with Gasteiger partial charge in [-0.1, -0.05) is 15.9 Å². The Labute approximate surface area is 127 Å². The molecule has 0 amide bonds. The summed E-state index contributed by atoms with van der Waals surface area (Å²) in [7, 11) is 0. The highest BCUT2D eigenvalue weighted by molar-refractivity contribution is 9.10. The molecular formula is C13H12BrF3N4. The molecule has 0 bridgehead atoms. The lowest BCUT2D eigenvalue weighted by Gasteiger charge is -2.12. The Morgan fingerprint density at radius 2 is 2.00 bits per heavy atom. The molecule has 2 rings (SSSR count). The lowest BCUT2D eigenvalue weighted by molar-refractivity contribution is -0.138. The highest BCUT2D eigenvalue weighted by Gasteiger charge is 2.33. The van der Waals surface area contributed by atoms with Gasteiger partial charge in [0.25, 0.3) is 0 Å². The van der Waals surface area contributed by atoms with Gasteiger partial charge in [-0.25, -0.2) is 4.98 Å². The van der Waals surface area contributed by atoms with E-state index in [1.54, 1.807) is 6.07 Å². The van der Waals surface area contributed by atoms with Crippen LogP contribution in [0.1, 0.15) is 12.5 Å². The first-order valence-corrected chi connectivity index (χ1v) is 6.90. The second-order valence-electron chi connectivity index (χ2n) is 4.11. The third kappa shape index (κ3) is 4.07. The summed E-state index contributed by atoms with van der Waals surface area (Å²) in [6.45, 7) is 2.55. The Morgan fingerprint density at radius 3 is 2.67 bits per heavy atom. The topological polar surface area (TPSA) is 49.8 Å².